The third kappa shape index (κ3) is 2.81. The summed E-state index contributed by atoms with van der Waals surface area (Å²) >= 11 is 0. The van der Waals surface area contributed by atoms with Crippen molar-refractivity contribution >= 4 is 0 Å². The van der Waals surface area contributed by atoms with Crippen LogP contribution in [-0.4, -0.2) is 29.3 Å². The van der Waals surface area contributed by atoms with E-state index in [0.29, 0.717) is 25.2 Å². The molecule has 5 heteroatoms. The lowest BCUT2D eigenvalue weighted by Gasteiger charge is -2.30. The molecule has 0 amide bonds. The van der Waals surface area contributed by atoms with Crippen molar-refractivity contribution in [2.24, 2.45) is 11.7 Å². The Morgan fingerprint density at radius 2 is 2.04 bits per heavy atom. The average Bonchev–Trinajstić information content (AvgIpc) is 3.11. The lowest BCUT2D eigenvalue weighted by Crippen LogP contribution is -2.24. The fraction of sp³-hybridized carbons (Fsp3) is 0.500. The first-order valence-corrected chi connectivity index (χ1v) is 8.48. The summed E-state index contributed by atoms with van der Waals surface area (Å²) in [5, 5.41) is 0. The third-order valence-electron chi connectivity index (χ3n) is 4.95. The number of ether oxygens (including phenoxy) is 2. The van der Waals surface area contributed by atoms with Crippen LogP contribution in [0.5, 0.6) is 11.5 Å². The van der Waals surface area contributed by atoms with Gasteiger partial charge in [-0.1, -0.05) is 6.42 Å². The van der Waals surface area contributed by atoms with Gasteiger partial charge in [0.25, 0.3) is 0 Å². The molecule has 5 nitrogen and oxygen atoms in total. The predicted octanol–water partition coefficient (Wildman–Crippen LogP) is 3.01. The molecule has 1 aromatic carbocycles. The van der Waals surface area contributed by atoms with Gasteiger partial charge in [-0.2, -0.15) is 0 Å². The van der Waals surface area contributed by atoms with Crippen molar-refractivity contribution in [3.8, 4) is 22.9 Å². The molecule has 0 bridgehead atoms. The van der Waals surface area contributed by atoms with Gasteiger partial charge in [-0.3, -0.25) is 0 Å². The molecule has 1 aliphatic carbocycles. The van der Waals surface area contributed by atoms with Crippen LogP contribution in [0.15, 0.2) is 30.6 Å². The zero-order chi connectivity index (χ0) is 15.6. The molecule has 0 unspecified atom stereocenters. The molecule has 122 valence electrons. The lowest BCUT2D eigenvalue weighted by atomic mass is 9.85. The lowest BCUT2D eigenvalue weighted by molar-refractivity contribution is 0.171. The maximum atomic E-state index is 5.89. The van der Waals surface area contributed by atoms with Gasteiger partial charge in [0.2, 0.25) is 0 Å². The van der Waals surface area contributed by atoms with Gasteiger partial charge >= 0.3 is 0 Å². The highest BCUT2D eigenvalue weighted by molar-refractivity contribution is 5.62. The maximum absolute atomic E-state index is 5.89. The van der Waals surface area contributed by atoms with Gasteiger partial charge in [0.1, 0.15) is 19.0 Å². The van der Waals surface area contributed by atoms with E-state index in [-0.39, 0.29) is 0 Å². The predicted molar refractivity (Wildman–Crippen MR) is 88.7 cm³/mol. The topological polar surface area (TPSA) is 62.3 Å². The molecule has 0 spiro atoms. The average molecular weight is 313 g/mol. The number of fused-ring (bicyclic) bond motifs is 1. The van der Waals surface area contributed by atoms with Gasteiger partial charge < -0.3 is 19.8 Å². The first-order chi connectivity index (χ1) is 11.3. The molecule has 1 aromatic heterocycles. The molecule has 2 aliphatic rings. The molecular weight excluding hydrogens is 290 g/mol. The highest BCUT2D eigenvalue weighted by Gasteiger charge is 2.24. The highest BCUT2D eigenvalue weighted by atomic mass is 16.6. The largest absolute Gasteiger partial charge is 0.486 e. The number of hydrogen-bond acceptors (Lipinski definition) is 4. The Labute approximate surface area is 136 Å². The van der Waals surface area contributed by atoms with Crippen LogP contribution >= 0.6 is 0 Å². The Kier molecular flexibility index (Phi) is 3.95. The fourth-order valence-corrected chi connectivity index (χ4v) is 3.74. The molecule has 1 saturated carbocycles. The summed E-state index contributed by atoms with van der Waals surface area (Å²) in [5.74, 6) is 3.26. The SMILES string of the molecule is NC[C@H]1CCC[C@@H](n2ccnc2-c2ccc3c(c2)OCCO3)C1. The standard InChI is InChI=1S/C18H23N3O2/c19-12-13-2-1-3-15(10-13)21-7-6-20-18(21)14-4-5-16-17(11-14)23-9-8-22-16/h4-7,11,13,15H,1-3,8-10,12,19H2/t13-,15+/m0/s1. The molecule has 1 aliphatic heterocycles. The molecule has 4 rings (SSSR count). The highest BCUT2D eigenvalue weighted by Crippen LogP contribution is 2.37. The van der Waals surface area contributed by atoms with Crippen LogP contribution in [0.25, 0.3) is 11.4 Å². The summed E-state index contributed by atoms with van der Waals surface area (Å²) in [6.45, 7) is 2.00. The summed E-state index contributed by atoms with van der Waals surface area (Å²) < 4.78 is 13.6. The Morgan fingerprint density at radius 3 is 2.91 bits per heavy atom. The normalized spacial score (nSPS) is 23.7. The van der Waals surface area contributed by atoms with Gasteiger partial charge in [0.05, 0.1) is 0 Å². The van der Waals surface area contributed by atoms with E-state index in [4.69, 9.17) is 15.2 Å². The first kappa shape index (κ1) is 14.6. The summed E-state index contributed by atoms with van der Waals surface area (Å²) in [4.78, 5) is 4.60. The van der Waals surface area contributed by atoms with E-state index in [9.17, 15) is 0 Å². The molecule has 23 heavy (non-hydrogen) atoms. The summed E-state index contributed by atoms with van der Waals surface area (Å²) in [7, 11) is 0. The monoisotopic (exact) mass is 313 g/mol. The van der Waals surface area contributed by atoms with Crippen LogP contribution in [0, 0.1) is 5.92 Å². The number of nitrogens with zero attached hydrogens (tertiary/aromatic N) is 2. The molecule has 1 fully saturated rings. The minimum atomic E-state index is 0.489. The second-order valence-electron chi connectivity index (χ2n) is 6.44. The van der Waals surface area contributed by atoms with Crippen LogP contribution in [0.1, 0.15) is 31.7 Å². The van der Waals surface area contributed by atoms with E-state index in [1.807, 2.05) is 18.3 Å². The number of nitrogens with two attached hydrogens (primary N) is 1. The quantitative estimate of drug-likeness (QED) is 0.946. The van der Waals surface area contributed by atoms with Crippen molar-refractivity contribution in [3.63, 3.8) is 0 Å². The molecule has 0 saturated heterocycles. The second kappa shape index (κ2) is 6.24. The molecule has 2 aromatic rings. The van der Waals surface area contributed by atoms with Crippen molar-refractivity contribution < 1.29 is 9.47 Å². The van der Waals surface area contributed by atoms with Crippen LogP contribution < -0.4 is 15.2 Å². The van der Waals surface area contributed by atoms with E-state index in [0.717, 1.165) is 35.9 Å². The molecule has 2 N–H and O–H groups in total. The minimum absolute atomic E-state index is 0.489. The van der Waals surface area contributed by atoms with Gasteiger partial charge in [0.15, 0.2) is 11.5 Å². The zero-order valence-electron chi connectivity index (χ0n) is 13.3. The Morgan fingerprint density at radius 1 is 1.17 bits per heavy atom. The van der Waals surface area contributed by atoms with E-state index < -0.39 is 0 Å². The molecule has 0 radical (unpaired) electrons. The van der Waals surface area contributed by atoms with Crippen LogP contribution in [-0.2, 0) is 0 Å². The van der Waals surface area contributed by atoms with E-state index >= 15 is 0 Å². The number of hydrogen-bond donors (Lipinski definition) is 1. The summed E-state index contributed by atoms with van der Waals surface area (Å²) in [5.41, 5.74) is 6.97. The van der Waals surface area contributed by atoms with Gasteiger partial charge in [-0.25, -0.2) is 4.98 Å². The van der Waals surface area contributed by atoms with Gasteiger partial charge in [-0.15, -0.1) is 0 Å². The van der Waals surface area contributed by atoms with Crippen molar-refractivity contribution in [1.82, 2.24) is 9.55 Å². The smallest absolute Gasteiger partial charge is 0.162 e. The van der Waals surface area contributed by atoms with Crippen molar-refractivity contribution in [1.29, 1.82) is 0 Å². The Bertz CT molecular complexity index is 683. The second-order valence-corrected chi connectivity index (χ2v) is 6.44. The Hall–Kier alpha value is -2.01. The maximum Gasteiger partial charge on any atom is 0.162 e. The number of benzene rings is 1. The van der Waals surface area contributed by atoms with Crippen LogP contribution in [0.3, 0.4) is 0 Å². The van der Waals surface area contributed by atoms with E-state index in [1.165, 1.54) is 19.3 Å². The van der Waals surface area contributed by atoms with E-state index in [1.54, 1.807) is 0 Å². The van der Waals surface area contributed by atoms with E-state index in [2.05, 4.69) is 21.8 Å². The number of aromatic nitrogens is 2. The number of rotatable bonds is 3. The van der Waals surface area contributed by atoms with Crippen molar-refractivity contribution in [3.05, 3.63) is 30.6 Å². The molecular formula is C18H23N3O2. The van der Waals surface area contributed by atoms with Crippen molar-refractivity contribution in [2.75, 3.05) is 19.8 Å². The molecule has 2 atom stereocenters. The fourth-order valence-electron chi connectivity index (χ4n) is 3.74. The summed E-state index contributed by atoms with van der Waals surface area (Å²) in [6.07, 6.45) is 8.81. The van der Waals surface area contributed by atoms with Crippen molar-refractivity contribution in [2.45, 2.75) is 31.7 Å². The first-order valence-electron chi connectivity index (χ1n) is 8.48. The zero-order valence-corrected chi connectivity index (χ0v) is 13.3. The van der Waals surface area contributed by atoms with Crippen LogP contribution in [0.2, 0.25) is 0 Å². The third-order valence-corrected chi connectivity index (χ3v) is 4.95. The minimum Gasteiger partial charge on any atom is -0.486 e. The van der Waals surface area contributed by atoms with Gasteiger partial charge in [0, 0.05) is 24.0 Å². The number of imidazole rings is 1. The Balaban J connectivity index is 1.64. The van der Waals surface area contributed by atoms with Crippen LogP contribution in [0.4, 0.5) is 0 Å². The van der Waals surface area contributed by atoms with Gasteiger partial charge in [-0.05, 0) is 49.9 Å². The molecule has 2 heterocycles. The summed E-state index contributed by atoms with van der Waals surface area (Å²) in [6, 6.07) is 6.57.